The summed E-state index contributed by atoms with van der Waals surface area (Å²) in [5.74, 6) is 0.230. The quantitative estimate of drug-likeness (QED) is 0.329. The molecule has 0 N–H and O–H groups in total. The van der Waals surface area contributed by atoms with E-state index < -0.39 is 5.60 Å². The first-order chi connectivity index (χ1) is 9.08. The maximum absolute atomic E-state index is 12.1. The minimum absolute atomic E-state index is 0.0984. The van der Waals surface area contributed by atoms with Gasteiger partial charge in [-0.1, -0.05) is 30.6 Å². The number of carbonyl (C=O) groups is 1. The molecule has 0 radical (unpaired) electrons. The van der Waals surface area contributed by atoms with E-state index in [2.05, 4.69) is 10.0 Å². The molecule has 0 bridgehead atoms. The third kappa shape index (κ3) is 7.04. The number of azide groups is 1. The molecule has 1 amide bonds. The van der Waals surface area contributed by atoms with E-state index in [4.69, 9.17) is 10.3 Å². The maximum atomic E-state index is 12.1. The zero-order valence-electron chi connectivity index (χ0n) is 13.5. The zero-order valence-corrected chi connectivity index (χ0v) is 13.5. The predicted molar refractivity (Wildman–Crippen MR) is 80.4 cm³/mol. The SMILES string of the molecule is CC(=C[C@H](C(C)C)N(C)C(=O)OC(C)(C)C)CN=[N+]=[N-]. The molecule has 114 valence electrons. The summed E-state index contributed by atoms with van der Waals surface area (Å²) in [4.78, 5) is 16.4. The Kier molecular flexibility index (Phi) is 7.14. The van der Waals surface area contributed by atoms with Crippen LogP contribution in [0.4, 0.5) is 4.79 Å². The normalized spacial score (nSPS) is 13.7. The molecule has 0 aliphatic rings. The molecule has 20 heavy (non-hydrogen) atoms. The molecule has 0 rings (SSSR count). The van der Waals surface area contributed by atoms with Gasteiger partial charge in [0.05, 0.1) is 6.04 Å². The second kappa shape index (κ2) is 7.80. The van der Waals surface area contributed by atoms with Crippen LogP contribution in [0.25, 0.3) is 10.4 Å². The Bertz CT molecular complexity index is 404. The lowest BCUT2D eigenvalue weighted by Crippen LogP contribution is -2.42. The highest BCUT2D eigenvalue weighted by atomic mass is 16.6. The summed E-state index contributed by atoms with van der Waals surface area (Å²) in [6.45, 7) is 11.8. The van der Waals surface area contributed by atoms with Crippen molar-refractivity contribution in [3.8, 4) is 0 Å². The van der Waals surface area contributed by atoms with Crippen molar-refractivity contribution in [3.63, 3.8) is 0 Å². The van der Waals surface area contributed by atoms with E-state index in [1.807, 2.05) is 47.6 Å². The molecule has 0 aromatic carbocycles. The molecular weight excluding hydrogens is 256 g/mol. The van der Waals surface area contributed by atoms with Crippen molar-refractivity contribution < 1.29 is 9.53 Å². The van der Waals surface area contributed by atoms with Crippen LogP contribution in [0.5, 0.6) is 0 Å². The van der Waals surface area contributed by atoms with Crippen LogP contribution in [-0.2, 0) is 4.74 Å². The van der Waals surface area contributed by atoms with Crippen LogP contribution in [0, 0.1) is 5.92 Å². The monoisotopic (exact) mass is 282 g/mol. The van der Waals surface area contributed by atoms with E-state index in [0.717, 1.165) is 5.57 Å². The number of hydrogen-bond donors (Lipinski definition) is 0. The number of rotatable bonds is 5. The molecule has 0 aromatic heterocycles. The number of amides is 1. The second-order valence-electron chi connectivity index (χ2n) is 6.23. The molecule has 0 spiro atoms. The number of ether oxygens (including phenoxy) is 1. The molecule has 0 aliphatic carbocycles. The number of hydrogen-bond acceptors (Lipinski definition) is 3. The van der Waals surface area contributed by atoms with Crippen molar-refractivity contribution in [2.75, 3.05) is 13.6 Å². The van der Waals surface area contributed by atoms with Gasteiger partial charge in [-0.2, -0.15) is 0 Å². The highest BCUT2D eigenvalue weighted by Gasteiger charge is 2.25. The topological polar surface area (TPSA) is 78.3 Å². The lowest BCUT2D eigenvalue weighted by Gasteiger charge is -2.31. The molecule has 0 aromatic rings. The fourth-order valence-electron chi connectivity index (χ4n) is 1.69. The van der Waals surface area contributed by atoms with E-state index in [0.29, 0.717) is 6.54 Å². The third-order valence-electron chi connectivity index (χ3n) is 2.65. The average molecular weight is 282 g/mol. The number of likely N-dealkylation sites (N-methyl/N-ethyl adjacent to an activating group) is 1. The van der Waals surface area contributed by atoms with Gasteiger partial charge in [0.25, 0.3) is 0 Å². The van der Waals surface area contributed by atoms with Crippen LogP contribution < -0.4 is 0 Å². The van der Waals surface area contributed by atoms with E-state index in [1.165, 1.54) is 0 Å². The lowest BCUT2D eigenvalue weighted by molar-refractivity contribution is 0.0223. The summed E-state index contributed by atoms with van der Waals surface area (Å²) in [7, 11) is 1.72. The molecular formula is C14H26N4O2. The van der Waals surface area contributed by atoms with Gasteiger partial charge in [0.1, 0.15) is 5.60 Å². The van der Waals surface area contributed by atoms with Crippen LogP contribution in [-0.4, -0.2) is 36.2 Å². The first kappa shape index (κ1) is 18.3. The Morgan fingerprint density at radius 1 is 1.45 bits per heavy atom. The Hall–Kier alpha value is -1.68. The van der Waals surface area contributed by atoms with Crippen LogP contribution in [0.3, 0.4) is 0 Å². The first-order valence-corrected chi connectivity index (χ1v) is 6.72. The standard InChI is InChI=1S/C14H26N4O2/c1-10(2)12(8-11(3)9-16-17-15)18(7)13(19)20-14(4,5)6/h8,10,12H,9H2,1-7H3/t12-/m1/s1. The summed E-state index contributed by atoms with van der Waals surface area (Å²) < 4.78 is 5.37. The van der Waals surface area contributed by atoms with Gasteiger partial charge in [-0.25, -0.2) is 4.79 Å². The highest BCUT2D eigenvalue weighted by Crippen LogP contribution is 2.17. The first-order valence-electron chi connectivity index (χ1n) is 6.72. The molecule has 0 saturated heterocycles. The Morgan fingerprint density at radius 2 is 2.00 bits per heavy atom. The van der Waals surface area contributed by atoms with Crippen molar-refractivity contribution in [2.24, 2.45) is 11.0 Å². The smallest absolute Gasteiger partial charge is 0.410 e. The zero-order chi connectivity index (χ0) is 15.9. The van der Waals surface area contributed by atoms with Crippen molar-refractivity contribution in [1.82, 2.24) is 4.90 Å². The number of carbonyl (C=O) groups excluding carboxylic acids is 1. The van der Waals surface area contributed by atoms with Crippen molar-refractivity contribution in [1.29, 1.82) is 0 Å². The molecule has 0 aliphatic heterocycles. The van der Waals surface area contributed by atoms with Gasteiger partial charge in [0, 0.05) is 18.5 Å². The molecule has 6 nitrogen and oxygen atoms in total. The maximum Gasteiger partial charge on any atom is 0.410 e. The van der Waals surface area contributed by atoms with Gasteiger partial charge in [-0.15, -0.1) is 0 Å². The van der Waals surface area contributed by atoms with Crippen molar-refractivity contribution >= 4 is 6.09 Å². The molecule has 0 fully saturated rings. The van der Waals surface area contributed by atoms with Crippen LogP contribution in [0.1, 0.15) is 41.5 Å². The van der Waals surface area contributed by atoms with Gasteiger partial charge >= 0.3 is 6.09 Å². The van der Waals surface area contributed by atoms with Gasteiger partial charge in [-0.3, -0.25) is 0 Å². The molecule has 6 heteroatoms. The Morgan fingerprint density at radius 3 is 2.40 bits per heavy atom. The third-order valence-corrected chi connectivity index (χ3v) is 2.65. The van der Waals surface area contributed by atoms with E-state index in [1.54, 1.807) is 11.9 Å². The summed E-state index contributed by atoms with van der Waals surface area (Å²) in [5.41, 5.74) is 8.74. The average Bonchev–Trinajstić information content (AvgIpc) is 2.29. The minimum atomic E-state index is -0.517. The number of nitrogens with zero attached hydrogens (tertiary/aromatic N) is 4. The molecule has 1 atom stereocenters. The summed E-state index contributed by atoms with van der Waals surface area (Å²) in [6.07, 6.45) is 1.59. The van der Waals surface area contributed by atoms with E-state index >= 15 is 0 Å². The molecule has 0 saturated carbocycles. The van der Waals surface area contributed by atoms with Crippen LogP contribution in [0.2, 0.25) is 0 Å². The molecule has 0 unspecified atom stereocenters. The van der Waals surface area contributed by atoms with Gasteiger partial charge < -0.3 is 9.64 Å². The van der Waals surface area contributed by atoms with Crippen LogP contribution in [0.15, 0.2) is 16.8 Å². The predicted octanol–water partition coefficient (Wildman–Crippen LogP) is 4.13. The highest BCUT2D eigenvalue weighted by molar-refractivity contribution is 5.68. The van der Waals surface area contributed by atoms with Crippen molar-refractivity contribution in [2.45, 2.75) is 53.2 Å². The second-order valence-corrected chi connectivity index (χ2v) is 6.23. The molecule has 0 heterocycles. The Labute approximate surface area is 121 Å². The van der Waals surface area contributed by atoms with Gasteiger partial charge in [0.15, 0.2) is 0 Å². The van der Waals surface area contributed by atoms with Crippen molar-refractivity contribution in [3.05, 3.63) is 22.1 Å². The fraction of sp³-hybridized carbons (Fsp3) is 0.786. The summed E-state index contributed by atoms with van der Waals surface area (Å²) in [5, 5.41) is 3.53. The van der Waals surface area contributed by atoms with Gasteiger partial charge in [0.2, 0.25) is 0 Å². The summed E-state index contributed by atoms with van der Waals surface area (Å²) >= 11 is 0. The Balaban J connectivity index is 5.00. The summed E-state index contributed by atoms with van der Waals surface area (Å²) in [6, 6.07) is -0.0984. The van der Waals surface area contributed by atoms with Crippen LogP contribution >= 0.6 is 0 Å². The minimum Gasteiger partial charge on any atom is -0.444 e. The largest absolute Gasteiger partial charge is 0.444 e. The van der Waals surface area contributed by atoms with E-state index in [9.17, 15) is 4.79 Å². The van der Waals surface area contributed by atoms with E-state index in [-0.39, 0.29) is 18.1 Å². The van der Waals surface area contributed by atoms with Gasteiger partial charge in [-0.05, 0) is 39.1 Å². The fourth-order valence-corrected chi connectivity index (χ4v) is 1.69. The lowest BCUT2D eigenvalue weighted by atomic mass is 10.0.